The van der Waals surface area contributed by atoms with Crippen molar-refractivity contribution in [2.75, 3.05) is 0 Å². The molecule has 2 rings (SSSR count). The van der Waals surface area contributed by atoms with E-state index in [0.29, 0.717) is 11.1 Å². The third-order valence-corrected chi connectivity index (χ3v) is 4.58. The lowest BCUT2D eigenvalue weighted by Crippen LogP contribution is -2.15. The molecular weight excluding hydrogens is 304 g/mol. The number of carboxylic acid groups (broad SMARTS) is 1. The summed E-state index contributed by atoms with van der Waals surface area (Å²) in [5, 5.41) is 7.52. The van der Waals surface area contributed by atoms with Gasteiger partial charge in [-0.15, -0.1) is 0 Å². The van der Waals surface area contributed by atoms with Gasteiger partial charge in [0.05, 0.1) is 0 Å². The van der Waals surface area contributed by atoms with E-state index < -0.39 is 21.3 Å². The highest BCUT2D eigenvalue weighted by molar-refractivity contribution is 7.86. The Kier molecular flexibility index (Phi) is 4.95. The van der Waals surface area contributed by atoms with Gasteiger partial charge in [0, 0.05) is 6.42 Å². The van der Waals surface area contributed by atoms with Gasteiger partial charge in [0.25, 0.3) is 10.1 Å². The van der Waals surface area contributed by atoms with Gasteiger partial charge in [0.1, 0.15) is 5.25 Å². The fourth-order valence-corrected chi connectivity index (χ4v) is 3.32. The summed E-state index contributed by atoms with van der Waals surface area (Å²) in [6.07, 6.45) is -0.522. The van der Waals surface area contributed by atoms with E-state index in [-0.39, 0.29) is 12.8 Å². The molecule has 0 saturated heterocycles. The van der Waals surface area contributed by atoms with E-state index in [2.05, 4.69) is 0 Å². The summed E-state index contributed by atoms with van der Waals surface area (Å²) in [7, 11) is -4.41. The molecule has 116 valence electrons. The number of rotatable bonds is 6. The van der Waals surface area contributed by atoms with Crippen molar-refractivity contribution in [1.82, 2.24) is 0 Å². The van der Waals surface area contributed by atoms with Crippen LogP contribution in [0.25, 0.3) is 11.1 Å². The Bertz CT molecular complexity index is 753. The molecule has 6 heteroatoms. The van der Waals surface area contributed by atoms with Crippen molar-refractivity contribution in [2.45, 2.75) is 18.1 Å². The Labute approximate surface area is 129 Å². The summed E-state index contributed by atoms with van der Waals surface area (Å²) in [5.74, 6) is -1.11. The first-order valence-electron chi connectivity index (χ1n) is 6.72. The fraction of sp³-hybridized carbons (Fsp3) is 0.188. The van der Waals surface area contributed by atoms with Crippen molar-refractivity contribution in [3.05, 3.63) is 60.2 Å². The van der Waals surface area contributed by atoms with E-state index in [1.807, 2.05) is 30.3 Å². The molecule has 0 aliphatic rings. The van der Waals surface area contributed by atoms with Crippen LogP contribution in [-0.4, -0.2) is 24.0 Å². The molecule has 0 aliphatic heterocycles. The molecule has 0 aromatic heterocycles. The normalized spacial score (nSPS) is 12.8. The van der Waals surface area contributed by atoms with Gasteiger partial charge in [-0.3, -0.25) is 9.35 Å². The van der Waals surface area contributed by atoms with Crippen molar-refractivity contribution in [3.63, 3.8) is 0 Å². The molecule has 2 aromatic carbocycles. The highest BCUT2D eigenvalue weighted by atomic mass is 32.2. The minimum atomic E-state index is -4.41. The summed E-state index contributed by atoms with van der Waals surface area (Å²) in [6.45, 7) is 0. The van der Waals surface area contributed by atoms with Crippen LogP contribution in [0.3, 0.4) is 0 Å². The van der Waals surface area contributed by atoms with Crippen LogP contribution < -0.4 is 0 Å². The van der Waals surface area contributed by atoms with Crippen molar-refractivity contribution < 1.29 is 22.9 Å². The number of hydrogen-bond acceptors (Lipinski definition) is 3. The van der Waals surface area contributed by atoms with Gasteiger partial charge in [-0.25, -0.2) is 0 Å². The van der Waals surface area contributed by atoms with Crippen LogP contribution >= 0.6 is 0 Å². The molecule has 0 fully saturated rings. The van der Waals surface area contributed by atoms with E-state index in [4.69, 9.17) is 5.11 Å². The molecule has 0 amide bonds. The molecule has 0 heterocycles. The van der Waals surface area contributed by atoms with Gasteiger partial charge < -0.3 is 5.11 Å². The minimum absolute atomic E-state index is 0.183. The van der Waals surface area contributed by atoms with Crippen molar-refractivity contribution in [3.8, 4) is 11.1 Å². The smallest absolute Gasteiger partial charge is 0.303 e. The van der Waals surface area contributed by atoms with Gasteiger partial charge in [-0.05, 0) is 23.1 Å². The van der Waals surface area contributed by atoms with Crippen LogP contribution in [0, 0.1) is 0 Å². The Morgan fingerprint density at radius 3 is 2.18 bits per heavy atom. The molecule has 0 saturated carbocycles. The molecule has 2 aromatic rings. The first-order valence-corrected chi connectivity index (χ1v) is 8.22. The predicted octanol–water partition coefficient (Wildman–Crippen LogP) is 3.15. The number of benzene rings is 2. The quantitative estimate of drug-likeness (QED) is 0.798. The second kappa shape index (κ2) is 6.72. The molecule has 22 heavy (non-hydrogen) atoms. The summed E-state index contributed by atoms with van der Waals surface area (Å²) >= 11 is 0. The van der Waals surface area contributed by atoms with E-state index in [1.165, 1.54) is 0 Å². The van der Waals surface area contributed by atoms with E-state index in [1.54, 1.807) is 24.3 Å². The monoisotopic (exact) mass is 320 g/mol. The molecule has 0 spiro atoms. The summed E-state index contributed by atoms with van der Waals surface area (Å²) < 4.78 is 32.9. The largest absolute Gasteiger partial charge is 0.481 e. The predicted molar refractivity (Wildman–Crippen MR) is 83.0 cm³/mol. The summed E-state index contributed by atoms with van der Waals surface area (Å²) in [6, 6.07) is 15.9. The lowest BCUT2D eigenvalue weighted by atomic mass is 9.96. The Morgan fingerprint density at radius 2 is 1.59 bits per heavy atom. The lowest BCUT2D eigenvalue weighted by molar-refractivity contribution is -0.137. The standard InChI is InChI=1S/C16H16O5S/c17-16(18)11-10-15(22(19,20)21)14-9-5-4-8-13(14)12-6-2-1-3-7-12/h1-9,15H,10-11H2,(H,17,18)(H,19,20,21). The van der Waals surface area contributed by atoms with E-state index >= 15 is 0 Å². The topological polar surface area (TPSA) is 91.7 Å². The molecule has 1 unspecified atom stereocenters. The van der Waals surface area contributed by atoms with E-state index in [9.17, 15) is 17.8 Å². The van der Waals surface area contributed by atoms with Gasteiger partial charge in [-0.1, -0.05) is 54.6 Å². The maximum atomic E-state index is 11.7. The van der Waals surface area contributed by atoms with Crippen LogP contribution in [0.5, 0.6) is 0 Å². The van der Waals surface area contributed by atoms with Crippen LogP contribution in [0.15, 0.2) is 54.6 Å². The van der Waals surface area contributed by atoms with Crippen molar-refractivity contribution in [2.24, 2.45) is 0 Å². The number of carbonyl (C=O) groups is 1. The van der Waals surface area contributed by atoms with Crippen LogP contribution in [0.2, 0.25) is 0 Å². The third-order valence-electron chi connectivity index (χ3n) is 3.37. The number of aliphatic carboxylic acids is 1. The molecular formula is C16H16O5S. The van der Waals surface area contributed by atoms with Gasteiger partial charge in [0.2, 0.25) is 0 Å². The first-order chi connectivity index (χ1) is 10.4. The minimum Gasteiger partial charge on any atom is -0.481 e. The van der Waals surface area contributed by atoms with Crippen LogP contribution in [-0.2, 0) is 14.9 Å². The van der Waals surface area contributed by atoms with E-state index in [0.717, 1.165) is 5.56 Å². The average Bonchev–Trinajstić information content (AvgIpc) is 2.47. The van der Waals surface area contributed by atoms with Crippen molar-refractivity contribution in [1.29, 1.82) is 0 Å². The van der Waals surface area contributed by atoms with Crippen molar-refractivity contribution >= 4 is 16.1 Å². The second-order valence-electron chi connectivity index (χ2n) is 4.89. The lowest BCUT2D eigenvalue weighted by Gasteiger charge is -2.17. The first kappa shape index (κ1) is 16.2. The maximum absolute atomic E-state index is 11.7. The molecule has 0 radical (unpaired) electrons. The Morgan fingerprint density at radius 1 is 1.00 bits per heavy atom. The van der Waals surface area contributed by atoms with Gasteiger partial charge in [0.15, 0.2) is 0 Å². The fourth-order valence-electron chi connectivity index (χ4n) is 2.38. The molecule has 0 bridgehead atoms. The van der Waals surface area contributed by atoms with Crippen LogP contribution in [0.4, 0.5) is 0 Å². The Hall–Kier alpha value is -2.18. The molecule has 0 aliphatic carbocycles. The number of hydrogen-bond donors (Lipinski definition) is 2. The Balaban J connectivity index is 2.51. The third kappa shape index (κ3) is 3.93. The average molecular weight is 320 g/mol. The summed E-state index contributed by atoms with van der Waals surface area (Å²) in [4.78, 5) is 10.7. The van der Waals surface area contributed by atoms with Crippen LogP contribution in [0.1, 0.15) is 23.7 Å². The number of carboxylic acids is 1. The zero-order valence-electron chi connectivity index (χ0n) is 11.7. The SMILES string of the molecule is O=C(O)CCC(c1ccccc1-c1ccccc1)S(=O)(=O)O. The highest BCUT2D eigenvalue weighted by Crippen LogP contribution is 2.34. The molecule has 5 nitrogen and oxygen atoms in total. The molecule has 2 N–H and O–H groups in total. The second-order valence-corrected chi connectivity index (χ2v) is 6.49. The molecule has 1 atom stereocenters. The summed E-state index contributed by atoms with van der Waals surface area (Å²) in [5.41, 5.74) is 1.87. The van der Waals surface area contributed by atoms with Gasteiger partial charge in [-0.2, -0.15) is 8.42 Å². The highest BCUT2D eigenvalue weighted by Gasteiger charge is 2.28. The zero-order chi connectivity index (χ0) is 16.2. The maximum Gasteiger partial charge on any atom is 0.303 e. The van der Waals surface area contributed by atoms with Gasteiger partial charge >= 0.3 is 5.97 Å². The zero-order valence-corrected chi connectivity index (χ0v) is 12.5.